The number of halogens is 3. The molecule has 9 heteroatoms. The highest BCUT2D eigenvalue weighted by Crippen LogP contribution is 2.29. The zero-order valence-corrected chi connectivity index (χ0v) is 12.2. The number of anilines is 1. The van der Waals surface area contributed by atoms with Gasteiger partial charge in [-0.1, -0.05) is 11.6 Å². The van der Waals surface area contributed by atoms with Crippen molar-refractivity contribution in [2.24, 2.45) is 0 Å². The lowest BCUT2D eigenvalue weighted by Crippen LogP contribution is -2.13. The number of carbonyl (C=O) groups excluding carboxylic acids is 1. The molecule has 1 heterocycles. The summed E-state index contributed by atoms with van der Waals surface area (Å²) < 4.78 is 34.8. The molecular formula is C13H12ClF2N3O3. The fraction of sp³-hybridized carbons (Fsp3) is 0.231. The van der Waals surface area contributed by atoms with Gasteiger partial charge in [0.25, 0.3) is 5.91 Å². The summed E-state index contributed by atoms with van der Waals surface area (Å²) in [6.45, 7) is -2.75. The number of ether oxygens (including phenoxy) is 2. The second kappa shape index (κ2) is 7.19. The highest BCUT2D eigenvalue weighted by Gasteiger charge is 2.13. The van der Waals surface area contributed by atoms with Crippen molar-refractivity contribution in [3.8, 4) is 5.75 Å². The summed E-state index contributed by atoms with van der Waals surface area (Å²) >= 11 is 5.80. The van der Waals surface area contributed by atoms with Crippen molar-refractivity contribution in [1.29, 1.82) is 0 Å². The van der Waals surface area contributed by atoms with Crippen LogP contribution in [0.4, 0.5) is 14.5 Å². The topological polar surface area (TPSA) is 65.4 Å². The Labute approximate surface area is 129 Å². The molecule has 0 bridgehead atoms. The van der Waals surface area contributed by atoms with E-state index in [1.807, 2.05) is 0 Å². The lowest BCUT2D eigenvalue weighted by molar-refractivity contribution is -0.0497. The second-order valence-corrected chi connectivity index (χ2v) is 4.54. The highest BCUT2D eigenvalue weighted by atomic mass is 35.5. The quantitative estimate of drug-likeness (QED) is 0.883. The number of hydrogen-bond acceptors (Lipinski definition) is 4. The zero-order valence-electron chi connectivity index (χ0n) is 11.4. The number of benzene rings is 1. The van der Waals surface area contributed by atoms with Gasteiger partial charge in [-0.15, -0.1) is 0 Å². The van der Waals surface area contributed by atoms with Gasteiger partial charge in [-0.05, 0) is 24.3 Å². The molecule has 0 saturated heterocycles. The van der Waals surface area contributed by atoms with Crippen LogP contribution < -0.4 is 10.1 Å². The van der Waals surface area contributed by atoms with Crippen LogP contribution in [0, 0.1) is 0 Å². The largest absolute Gasteiger partial charge is 0.433 e. The molecule has 118 valence electrons. The van der Waals surface area contributed by atoms with Crippen LogP contribution in [-0.4, -0.2) is 29.4 Å². The molecule has 1 N–H and O–H groups in total. The number of carbonyl (C=O) groups is 1. The van der Waals surface area contributed by atoms with Gasteiger partial charge in [0.15, 0.2) is 5.69 Å². The summed E-state index contributed by atoms with van der Waals surface area (Å²) in [5, 5.41) is 6.51. The maximum absolute atomic E-state index is 12.1. The minimum Gasteiger partial charge on any atom is -0.433 e. The summed E-state index contributed by atoms with van der Waals surface area (Å²) in [6.07, 6.45) is 1.59. The van der Waals surface area contributed by atoms with Crippen molar-refractivity contribution in [2.45, 2.75) is 13.3 Å². The molecule has 1 aromatic carbocycles. The maximum atomic E-state index is 12.1. The van der Waals surface area contributed by atoms with E-state index in [9.17, 15) is 13.6 Å². The van der Waals surface area contributed by atoms with E-state index in [1.54, 1.807) is 6.20 Å². The van der Waals surface area contributed by atoms with Crippen LogP contribution in [-0.2, 0) is 11.5 Å². The maximum Gasteiger partial charge on any atom is 0.387 e. The zero-order chi connectivity index (χ0) is 16.1. The first kappa shape index (κ1) is 16.2. The van der Waals surface area contributed by atoms with Gasteiger partial charge in [-0.2, -0.15) is 13.9 Å². The van der Waals surface area contributed by atoms with Crippen LogP contribution >= 0.6 is 11.6 Å². The average molecular weight is 332 g/mol. The fourth-order valence-corrected chi connectivity index (χ4v) is 1.88. The average Bonchev–Trinajstić information content (AvgIpc) is 2.91. The summed E-state index contributed by atoms with van der Waals surface area (Å²) in [5.41, 5.74) is 0.513. The Morgan fingerprint density at radius 1 is 1.45 bits per heavy atom. The standard InChI is InChI=1S/C13H12ClF2N3O3/c1-21-7-19-5-4-10(18-19)12(20)17-8-2-3-11(9(14)6-8)22-13(15)16/h2-6,13H,7H2,1H3,(H,17,20). The van der Waals surface area contributed by atoms with Crippen molar-refractivity contribution in [3.05, 3.63) is 41.2 Å². The molecule has 2 rings (SSSR count). The molecule has 0 spiro atoms. The third-order valence-corrected chi connectivity index (χ3v) is 2.84. The van der Waals surface area contributed by atoms with Gasteiger partial charge in [0.1, 0.15) is 12.5 Å². The number of amides is 1. The van der Waals surface area contributed by atoms with E-state index in [-0.39, 0.29) is 23.2 Å². The molecule has 22 heavy (non-hydrogen) atoms. The number of rotatable bonds is 6. The Hall–Kier alpha value is -2.19. The smallest absolute Gasteiger partial charge is 0.387 e. The molecule has 6 nitrogen and oxygen atoms in total. The predicted octanol–water partition coefficient (Wildman–Crippen LogP) is 2.99. The SMILES string of the molecule is COCn1ccc(C(=O)Nc2ccc(OC(F)F)c(Cl)c2)n1. The third-order valence-electron chi connectivity index (χ3n) is 2.54. The Bertz CT molecular complexity index is 664. The van der Waals surface area contributed by atoms with Crippen molar-refractivity contribution in [1.82, 2.24) is 9.78 Å². The Morgan fingerprint density at radius 3 is 2.86 bits per heavy atom. The van der Waals surface area contributed by atoms with Crippen LogP contribution in [0.2, 0.25) is 5.02 Å². The Kier molecular flexibility index (Phi) is 5.29. The molecule has 0 aliphatic heterocycles. The first-order valence-corrected chi connectivity index (χ1v) is 6.45. The van der Waals surface area contributed by atoms with E-state index in [1.165, 1.54) is 36.1 Å². The van der Waals surface area contributed by atoms with Crippen molar-refractivity contribution in [2.75, 3.05) is 12.4 Å². The van der Waals surface area contributed by atoms with E-state index in [2.05, 4.69) is 15.2 Å². The van der Waals surface area contributed by atoms with Crippen molar-refractivity contribution < 1.29 is 23.0 Å². The number of alkyl halides is 2. The molecule has 0 radical (unpaired) electrons. The van der Waals surface area contributed by atoms with Gasteiger partial charge < -0.3 is 14.8 Å². The summed E-state index contributed by atoms with van der Waals surface area (Å²) in [7, 11) is 1.51. The molecular weight excluding hydrogens is 320 g/mol. The molecule has 0 atom stereocenters. The van der Waals surface area contributed by atoms with E-state index >= 15 is 0 Å². The van der Waals surface area contributed by atoms with Crippen LogP contribution in [0.15, 0.2) is 30.5 Å². The monoisotopic (exact) mass is 331 g/mol. The molecule has 0 saturated carbocycles. The van der Waals surface area contributed by atoms with Gasteiger partial charge >= 0.3 is 6.61 Å². The van der Waals surface area contributed by atoms with E-state index < -0.39 is 12.5 Å². The van der Waals surface area contributed by atoms with E-state index in [4.69, 9.17) is 16.3 Å². The number of hydrogen-bond donors (Lipinski definition) is 1. The van der Waals surface area contributed by atoms with Gasteiger partial charge in [-0.25, -0.2) is 4.68 Å². The molecule has 0 unspecified atom stereocenters. The summed E-state index contributed by atoms with van der Waals surface area (Å²) in [4.78, 5) is 12.0. The minimum absolute atomic E-state index is 0.0389. The molecule has 1 amide bonds. The predicted molar refractivity (Wildman–Crippen MR) is 75.3 cm³/mol. The lowest BCUT2D eigenvalue weighted by atomic mass is 10.3. The normalized spacial score (nSPS) is 10.8. The molecule has 1 aromatic heterocycles. The highest BCUT2D eigenvalue weighted by molar-refractivity contribution is 6.32. The van der Waals surface area contributed by atoms with E-state index in [0.29, 0.717) is 5.69 Å². The molecule has 0 aliphatic carbocycles. The van der Waals surface area contributed by atoms with Crippen molar-refractivity contribution >= 4 is 23.2 Å². The van der Waals surface area contributed by atoms with Crippen LogP contribution in [0.1, 0.15) is 10.5 Å². The van der Waals surface area contributed by atoms with Gasteiger partial charge in [0, 0.05) is 19.0 Å². The van der Waals surface area contributed by atoms with Gasteiger partial charge in [0.2, 0.25) is 0 Å². The van der Waals surface area contributed by atoms with Crippen LogP contribution in [0.25, 0.3) is 0 Å². The molecule has 0 aliphatic rings. The Balaban J connectivity index is 2.06. The van der Waals surface area contributed by atoms with Crippen molar-refractivity contribution in [3.63, 3.8) is 0 Å². The summed E-state index contributed by atoms with van der Waals surface area (Å²) in [6, 6.07) is 5.47. The number of methoxy groups -OCH3 is 1. The van der Waals surface area contributed by atoms with Crippen LogP contribution in [0.3, 0.4) is 0 Å². The number of nitrogens with zero attached hydrogens (tertiary/aromatic N) is 2. The molecule has 2 aromatic rings. The summed E-state index contributed by atoms with van der Waals surface area (Å²) in [5.74, 6) is -0.632. The third kappa shape index (κ3) is 4.15. The first-order chi connectivity index (χ1) is 10.5. The minimum atomic E-state index is -2.97. The fourth-order valence-electron chi connectivity index (χ4n) is 1.65. The van der Waals surface area contributed by atoms with Crippen LogP contribution in [0.5, 0.6) is 5.75 Å². The number of aromatic nitrogens is 2. The first-order valence-electron chi connectivity index (χ1n) is 6.07. The van der Waals surface area contributed by atoms with E-state index in [0.717, 1.165) is 0 Å². The van der Waals surface area contributed by atoms with Gasteiger partial charge in [0.05, 0.1) is 5.02 Å². The number of nitrogens with one attached hydrogen (secondary N) is 1. The molecule has 0 fully saturated rings. The second-order valence-electron chi connectivity index (χ2n) is 4.14. The Morgan fingerprint density at radius 2 is 2.23 bits per heavy atom. The lowest BCUT2D eigenvalue weighted by Gasteiger charge is -2.09. The van der Waals surface area contributed by atoms with Gasteiger partial charge in [-0.3, -0.25) is 4.79 Å².